The summed E-state index contributed by atoms with van der Waals surface area (Å²) in [6.07, 6.45) is 7.75. The number of nitrogens with one attached hydrogen (secondary N) is 1. The smallest absolute Gasteiger partial charge is 0.0615 e. The minimum atomic E-state index is -0.0606. The second-order valence-corrected chi connectivity index (χ2v) is 4.97. The van der Waals surface area contributed by atoms with Crippen LogP contribution >= 0.6 is 0 Å². The Morgan fingerprint density at radius 2 is 2.00 bits per heavy atom. The number of ether oxygens (including phenoxy) is 1. The first kappa shape index (κ1) is 13.9. The molecule has 0 radical (unpaired) electrons. The van der Waals surface area contributed by atoms with Gasteiger partial charge in [0.2, 0.25) is 0 Å². The highest BCUT2D eigenvalue weighted by atomic mass is 16.5. The van der Waals surface area contributed by atoms with Crippen LogP contribution in [0.5, 0.6) is 0 Å². The van der Waals surface area contributed by atoms with Crippen molar-refractivity contribution < 1.29 is 9.84 Å². The van der Waals surface area contributed by atoms with Gasteiger partial charge in [0.1, 0.15) is 0 Å². The molecule has 1 saturated carbocycles. The Kier molecular flexibility index (Phi) is 7.01. The molecule has 1 unspecified atom stereocenters. The lowest BCUT2D eigenvalue weighted by Gasteiger charge is -2.30. The zero-order valence-electron chi connectivity index (χ0n) is 10.7. The number of hydrogen-bond donors (Lipinski definition) is 2. The molecule has 1 rings (SSSR count). The molecule has 1 fully saturated rings. The Bertz CT molecular complexity index is 167. The Morgan fingerprint density at radius 1 is 1.31 bits per heavy atom. The van der Waals surface area contributed by atoms with E-state index in [1.165, 1.54) is 19.3 Å². The molecule has 96 valence electrons. The molecule has 3 nitrogen and oxygen atoms in total. The quantitative estimate of drug-likeness (QED) is 0.702. The fourth-order valence-corrected chi connectivity index (χ4v) is 2.44. The largest absolute Gasteiger partial charge is 0.393 e. The second kappa shape index (κ2) is 8.04. The molecule has 0 bridgehead atoms. The zero-order valence-corrected chi connectivity index (χ0v) is 10.7. The van der Waals surface area contributed by atoms with Crippen LogP contribution in [0.25, 0.3) is 0 Å². The van der Waals surface area contributed by atoms with Crippen molar-refractivity contribution in [1.29, 1.82) is 0 Å². The van der Waals surface area contributed by atoms with Crippen LogP contribution in [0.2, 0.25) is 0 Å². The first-order valence-electron chi connectivity index (χ1n) is 6.69. The molecule has 2 N–H and O–H groups in total. The number of aliphatic hydroxyl groups is 1. The third kappa shape index (κ3) is 5.28. The van der Waals surface area contributed by atoms with Crippen molar-refractivity contribution in [1.82, 2.24) is 5.32 Å². The molecule has 0 saturated heterocycles. The SMILES string of the molecule is CCCCC(COC)NC1CCC(O)CC1. The summed E-state index contributed by atoms with van der Waals surface area (Å²) in [4.78, 5) is 0. The minimum Gasteiger partial charge on any atom is -0.393 e. The number of rotatable bonds is 7. The Labute approximate surface area is 99.6 Å². The van der Waals surface area contributed by atoms with Crippen molar-refractivity contribution >= 4 is 0 Å². The van der Waals surface area contributed by atoms with E-state index < -0.39 is 0 Å². The Morgan fingerprint density at radius 3 is 2.56 bits per heavy atom. The number of methoxy groups -OCH3 is 1. The van der Waals surface area contributed by atoms with Gasteiger partial charge in [0.15, 0.2) is 0 Å². The fourth-order valence-electron chi connectivity index (χ4n) is 2.44. The standard InChI is InChI=1S/C13H27NO2/c1-3-4-5-12(10-16-2)14-11-6-8-13(15)9-7-11/h11-15H,3-10H2,1-2H3. The van der Waals surface area contributed by atoms with E-state index in [1.54, 1.807) is 7.11 Å². The predicted octanol–water partition coefficient (Wildman–Crippen LogP) is 2.08. The lowest BCUT2D eigenvalue weighted by atomic mass is 9.92. The van der Waals surface area contributed by atoms with Crippen LogP contribution in [0, 0.1) is 0 Å². The molecule has 1 aliphatic carbocycles. The van der Waals surface area contributed by atoms with Gasteiger partial charge in [-0.05, 0) is 32.1 Å². The molecule has 0 aliphatic heterocycles. The first-order chi connectivity index (χ1) is 7.76. The van der Waals surface area contributed by atoms with Gasteiger partial charge in [-0.25, -0.2) is 0 Å². The van der Waals surface area contributed by atoms with Crippen LogP contribution in [0.3, 0.4) is 0 Å². The molecule has 0 aromatic rings. The summed E-state index contributed by atoms with van der Waals surface area (Å²) in [6.45, 7) is 3.03. The highest BCUT2D eigenvalue weighted by Gasteiger charge is 2.21. The summed E-state index contributed by atoms with van der Waals surface area (Å²) in [5.41, 5.74) is 0. The Hall–Kier alpha value is -0.120. The maximum atomic E-state index is 9.45. The number of hydrogen-bond acceptors (Lipinski definition) is 3. The zero-order chi connectivity index (χ0) is 11.8. The van der Waals surface area contributed by atoms with Crippen LogP contribution in [0.15, 0.2) is 0 Å². The lowest BCUT2D eigenvalue weighted by Crippen LogP contribution is -2.43. The summed E-state index contributed by atoms with van der Waals surface area (Å²) < 4.78 is 5.25. The van der Waals surface area contributed by atoms with E-state index in [0.29, 0.717) is 12.1 Å². The fraction of sp³-hybridized carbons (Fsp3) is 1.00. The van der Waals surface area contributed by atoms with Crippen LogP contribution in [-0.4, -0.2) is 37.0 Å². The van der Waals surface area contributed by atoms with Gasteiger partial charge in [-0.2, -0.15) is 0 Å². The summed E-state index contributed by atoms with van der Waals surface area (Å²) in [5, 5.41) is 13.1. The molecule has 0 spiro atoms. The van der Waals surface area contributed by atoms with Crippen molar-refractivity contribution in [3.63, 3.8) is 0 Å². The van der Waals surface area contributed by atoms with E-state index in [9.17, 15) is 5.11 Å². The third-order valence-corrected chi connectivity index (χ3v) is 3.44. The van der Waals surface area contributed by atoms with E-state index in [0.717, 1.165) is 32.3 Å². The van der Waals surface area contributed by atoms with Crippen LogP contribution in [0.4, 0.5) is 0 Å². The molecular weight excluding hydrogens is 202 g/mol. The van der Waals surface area contributed by atoms with E-state index in [4.69, 9.17) is 4.74 Å². The van der Waals surface area contributed by atoms with Gasteiger partial charge in [0, 0.05) is 19.2 Å². The molecule has 16 heavy (non-hydrogen) atoms. The monoisotopic (exact) mass is 229 g/mol. The van der Waals surface area contributed by atoms with Gasteiger partial charge in [-0.15, -0.1) is 0 Å². The highest BCUT2D eigenvalue weighted by molar-refractivity contribution is 4.80. The molecule has 0 aromatic carbocycles. The lowest BCUT2D eigenvalue weighted by molar-refractivity contribution is 0.104. The van der Waals surface area contributed by atoms with Gasteiger partial charge in [-0.3, -0.25) is 0 Å². The summed E-state index contributed by atoms with van der Waals surface area (Å²) in [7, 11) is 1.77. The second-order valence-electron chi connectivity index (χ2n) is 4.97. The average molecular weight is 229 g/mol. The molecule has 0 heterocycles. The number of aliphatic hydroxyl groups excluding tert-OH is 1. The topological polar surface area (TPSA) is 41.5 Å². The van der Waals surface area contributed by atoms with Gasteiger partial charge < -0.3 is 15.2 Å². The predicted molar refractivity (Wildman–Crippen MR) is 66.6 cm³/mol. The normalized spacial score (nSPS) is 27.9. The minimum absolute atomic E-state index is 0.0606. The summed E-state index contributed by atoms with van der Waals surface area (Å²) in [6, 6.07) is 1.07. The van der Waals surface area contributed by atoms with E-state index in [-0.39, 0.29) is 6.10 Å². The molecular formula is C13H27NO2. The molecule has 0 amide bonds. The van der Waals surface area contributed by atoms with Crippen molar-refractivity contribution in [2.24, 2.45) is 0 Å². The first-order valence-corrected chi connectivity index (χ1v) is 6.69. The van der Waals surface area contributed by atoms with Crippen molar-refractivity contribution in [3.8, 4) is 0 Å². The molecule has 0 aromatic heterocycles. The maximum absolute atomic E-state index is 9.45. The molecule has 3 heteroatoms. The number of unbranched alkanes of at least 4 members (excludes halogenated alkanes) is 1. The highest BCUT2D eigenvalue weighted by Crippen LogP contribution is 2.19. The van der Waals surface area contributed by atoms with Crippen LogP contribution in [-0.2, 0) is 4.74 Å². The van der Waals surface area contributed by atoms with Crippen molar-refractivity contribution in [2.45, 2.75) is 70.1 Å². The average Bonchev–Trinajstić information content (AvgIpc) is 2.29. The third-order valence-electron chi connectivity index (χ3n) is 3.44. The van der Waals surface area contributed by atoms with E-state index in [2.05, 4.69) is 12.2 Å². The van der Waals surface area contributed by atoms with E-state index in [1.807, 2.05) is 0 Å². The van der Waals surface area contributed by atoms with Crippen LogP contribution < -0.4 is 5.32 Å². The van der Waals surface area contributed by atoms with Crippen molar-refractivity contribution in [3.05, 3.63) is 0 Å². The van der Waals surface area contributed by atoms with Crippen LogP contribution in [0.1, 0.15) is 51.9 Å². The summed E-state index contributed by atoms with van der Waals surface area (Å²) in [5.74, 6) is 0. The summed E-state index contributed by atoms with van der Waals surface area (Å²) >= 11 is 0. The maximum Gasteiger partial charge on any atom is 0.0615 e. The molecule has 1 atom stereocenters. The van der Waals surface area contributed by atoms with E-state index >= 15 is 0 Å². The Balaban J connectivity index is 2.24. The van der Waals surface area contributed by atoms with Crippen molar-refractivity contribution in [2.75, 3.05) is 13.7 Å². The van der Waals surface area contributed by atoms with Gasteiger partial charge in [0.05, 0.1) is 12.7 Å². The molecule has 1 aliphatic rings. The van der Waals surface area contributed by atoms with Gasteiger partial charge in [-0.1, -0.05) is 19.8 Å². The van der Waals surface area contributed by atoms with Gasteiger partial charge >= 0.3 is 0 Å². The van der Waals surface area contributed by atoms with Gasteiger partial charge in [0.25, 0.3) is 0 Å².